The Balaban J connectivity index is 1.44. The van der Waals surface area contributed by atoms with Crippen molar-refractivity contribution in [3.63, 3.8) is 0 Å². The van der Waals surface area contributed by atoms with Crippen LogP contribution in [0.4, 0.5) is 0 Å². The second-order valence-electron chi connectivity index (χ2n) is 8.45. The highest BCUT2D eigenvalue weighted by atomic mass is 16.5. The molecule has 2 saturated heterocycles. The lowest BCUT2D eigenvalue weighted by Gasteiger charge is -2.39. The number of likely N-dealkylation sites (tertiary alicyclic amines) is 2. The van der Waals surface area contributed by atoms with Gasteiger partial charge in [-0.2, -0.15) is 0 Å². The first-order valence-corrected chi connectivity index (χ1v) is 10.3. The third-order valence-corrected chi connectivity index (χ3v) is 6.70. The molecule has 1 unspecified atom stereocenters. The lowest BCUT2D eigenvalue weighted by atomic mass is 9.78. The minimum atomic E-state index is -0.356. The molecule has 146 valence electrons. The molecule has 2 amide bonds. The average molecular weight is 370 g/mol. The highest BCUT2D eigenvalue weighted by Gasteiger charge is 2.49. The van der Waals surface area contributed by atoms with Crippen molar-refractivity contribution in [2.75, 3.05) is 26.7 Å². The zero-order valence-electron chi connectivity index (χ0n) is 16.3. The number of rotatable bonds is 4. The normalized spacial score (nSPS) is 26.2. The minimum absolute atomic E-state index is 0.201. The van der Waals surface area contributed by atoms with E-state index < -0.39 is 0 Å². The van der Waals surface area contributed by atoms with Crippen molar-refractivity contribution in [1.29, 1.82) is 0 Å². The lowest BCUT2D eigenvalue weighted by molar-refractivity contribution is -0.147. The number of nitrogens with zero attached hydrogens (tertiary/aromatic N) is 2. The van der Waals surface area contributed by atoms with Gasteiger partial charge in [0.15, 0.2) is 0 Å². The monoisotopic (exact) mass is 370 g/mol. The van der Waals surface area contributed by atoms with Crippen molar-refractivity contribution in [2.24, 2.45) is 11.3 Å². The molecule has 0 aromatic heterocycles. The number of hydrogen-bond donors (Lipinski definition) is 0. The van der Waals surface area contributed by atoms with E-state index in [4.69, 9.17) is 4.74 Å². The Hall–Kier alpha value is -2.04. The molecule has 1 aliphatic carbocycles. The number of piperidine rings is 1. The summed E-state index contributed by atoms with van der Waals surface area (Å²) in [7, 11) is 1.66. The highest BCUT2D eigenvalue weighted by Crippen LogP contribution is 2.41. The number of ether oxygens (including phenoxy) is 1. The summed E-state index contributed by atoms with van der Waals surface area (Å²) in [5, 5.41) is 0. The SMILES string of the molecule is COc1cccc(CN2CCCC3(CCN(C(=O)C4CCCC4)C3)C2=O)c1. The van der Waals surface area contributed by atoms with Crippen molar-refractivity contribution < 1.29 is 14.3 Å². The Morgan fingerprint density at radius 2 is 2.00 bits per heavy atom. The van der Waals surface area contributed by atoms with Crippen LogP contribution >= 0.6 is 0 Å². The third-order valence-electron chi connectivity index (χ3n) is 6.70. The summed E-state index contributed by atoms with van der Waals surface area (Å²) in [6.07, 6.45) is 7.14. The van der Waals surface area contributed by atoms with Gasteiger partial charge in [0.25, 0.3) is 0 Å². The van der Waals surface area contributed by atoms with E-state index in [1.165, 1.54) is 12.8 Å². The van der Waals surface area contributed by atoms with Gasteiger partial charge in [-0.3, -0.25) is 9.59 Å². The largest absolute Gasteiger partial charge is 0.497 e. The summed E-state index contributed by atoms with van der Waals surface area (Å²) in [6.45, 7) is 2.78. The molecule has 1 aromatic carbocycles. The van der Waals surface area contributed by atoms with Gasteiger partial charge in [0.2, 0.25) is 11.8 Å². The van der Waals surface area contributed by atoms with E-state index in [9.17, 15) is 9.59 Å². The van der Waals surface area contributed by atoms with E-state index in [1.807, 2.05) is 34.1 Å². The Morgan fingerprint density at radius 3 is 2.78 bits per heavy atom. The fourth-order valence-electron chi connectivity index (χ4n) is 5.16. The predicted octanol–water partition coefficient (Wildman–Crippen LogP) is 3.23. The Kier molecular flexibility index (Phi) is 5.11. The van der Waals surface area contributed by atoms with E-state index in [0.29, 0.717) is 19.0 Å². The molecule has 3 fully saturated rings. The number of methoxy groups -OCH3 is 1. The van der Waals surface area contributed by atoms with Gasteiger partial charge in [0.1, 0.15) is 5.75 Å². The molecule has 1 saturated carbocycles. The van der Waals surface area contributed by atoms with Gasteiger partial charge in [0.05, 0.1) is 12.5 Å². The first-order chi connectivity index (χ1) is 13.1. The molecule has 27 heavy (non-hydrogen) atoms. The van der Waals surface area contributed by atoms with Crippen molar-refractivity contribution in [3.8, 4) is 5.75 Å². The molecule has 0 bridgehead atoms. The van der Waals surface area contributed by atoms with Crippen LogP contribution < -0.4 is 4.74 Å². The number of hydrogen-bond acceptors (Lipinski definition) is 3. The van der Waals surface area contributed by atoms with Crippen molar-refractivity contribution >= 4 is 11.8 Å². The van der Waals surface area contributed by atoms with Crippen LogP contribution in [-0.4, -0.2) is 48.4 Å². The first kappa shape index (κ1) is 18.3. The zero-order valence-corrected chi connectivity index (χ0v) is 16.3. The Morgan fingerprint density at radius 1 is 1.19 bits per heavy atom. The second-order valence-corrected chi connectivity index (χ2v) is 8.45. The molecule has 4 rings (SSSR count). The quantitative estimate of drug-likeness (QED) is 0.818. The van der Waals surface area contributed by atoms with Crippen LogP contribution in [0.2, 0.25) is 0 Å². The summed E-state index contributed by atoms with van der Waals surface area (Å²) in [5.41, 5.74) is 0.738. The van der Waals surface area contributed by atoms with Crippen LogP contribution in [0.15, 0.2) is 24.3 Å². The molecule has 2 aliphatic heterocycles. The molecule has 0 radical (unpaired) electrons. The van der Waals surface area contributed by atoms with Gasteiger partial charge < -0.3 is 14.5 Å². The standard InChI is InChI=1S/C22H30N2O3/c1-27-19-9-4-6-17(14-19)15-23-12-5-10-22(21(23)26)11-13-24(16-22)20(25)18-7-2-3-8-18/h4,6,9,14,18H,2-3,5,7-8,10-13,15-16H2,1H3. The van der Waals surface area contributed by atoms with E-state index >= 15 is 0 Å². The van der Waals surface area contributed by atoms with E-state index in [0.717, 1.165) is 56.5 Å². The van der Waals surface area contributed by atoms with Gasteiger partial charge in [-0.15, -0.1) is 0 Å². The maximum absolute atomic E-state index is 13.4. The molecule has 1 aromatic rings. The van der Waals surface area contributed by atoms with Gasteiger partial charge >= 0.3 is 0 Å². The number of amides is 2. The molecule has 2 heterocycles. The molecule has 3 aliphatic rings. The molecule has 1 atom stereocenters. The smallest absolute Gasteiger partial charge is 0.230 e. The van der Waals surface area contributed by atoms with Crippen LogP contribution in [-0.2, 0) is 16.1 Å². The molecular formula is C22H30N2O3. The third kappa shape index (κ3) is 3.56. The molecule has 0 N–H and O–H groups in total. The molecule has 1 spiro atoms. The average Bonchev–Trinajstić information content (AvgIpc) is 3.36. The van der Waals surface area contributed by atoms with Crippen molar-refractivity contribution in [3.05, 3.63) is 29.8 Å². The van der Waals surface area contributed by atoms with Crippen LogP contribution in [0.1, 0.15) is 50.5 Å². The summed E-state index contributed by atoms with van der Waals surface area (Å²) < 4.78 is 5.31. The minimum Gasteiger partial charge on any atom is -0.497 e. The molecule has 5 nitrogen and oxygen atoms in total. The lowest BCUT2D eigenvalue weighted by Crippen LogP contribution is -2.50. The van der Waals surface area contributed by atoms with E-state index in [2.05, 4.69) is 0 Å². The van der Waals surface area contributed by atoms with Gasteiger partial charge in [-0.05, 0) is 49.8 Å². The second kappa shape index (κ2) is 7.53. The zero-order chi connectivity index (χ0) is 18.9. The topological polar surface area (TPSA) is 49.9 Å². The number of carbonyl (C=O) groups is 2. The highest BCUT2D eigenvalue weighted by molar-refractivity contribution is 5.86. The summed E-state index contributed by atoms with van der Waals surface area (Å²) >= 11 is 0. The van der Waals surface area contributed by atoms with Crippen LogP contribution in [0.5, 0.6) is 5.75 Å². The summed E-state index contributed by atoms with van der Waals surface area (Å²) in [4.78, 5) is 30.1. The van der Waals surface area contributed by atoms with Gasteiger partial charge in [-0.1, -0.05) is 25.0 Å². The van der Waals surface area contributed by atoms with Crippen LogP contribution in [0.25, 0.3) is 0 Å². The van der Waals surface area contributed by atoms with Crippen LogP contribution in [0, 0.1) is 11.3 Å². The van der Waals surface area contributed by atoms with E-state index in [1.54, 1.807) is 7.11 Å². The van der Waals surface area contributed by atoms with E-state index in [-0.39, 0.29) is 17.2 Å². The van der Waals surface area contributed by atoms with Crippen molar-refractivity contribution in [2.45, 2.75) is 51.5 Å². The fraction of sp³-hybridized carbons (Fsp3) is 0.636. The van der Waals surface area contributed by atoms with Crippen LogP contribution in [0.3, 0.4) is 0 Å². The van der Waals surface area contributed by atoms with Gasteiger partial charge in [-0.25, -0.2) is 0 Å². The Bertz CT molecular complexity index is 713. The fourth-order valence-corrected chi connectivity index (χ4v) is 5.16. The number of carbonyl (C=O) groups excluding carboxylic acids is 2. The summed E-state index contributed by atoms with van der Waals surface area (Å²) in [5.74, 6) is 1.55. The summed E-state index contributed by atoms with van der Waals surface area (Å²) in [6, 6.07) is 7.93. The molecular weight excluding hydrogens is 340 g/mol. The van der Waals surface area contributed by atoms with Crippen molar-refractivity contribution in [1.82, 2.24) is 9.80 Å². The number of benzene rings is 1. The molecule has 5 heteroatoms. The van der Waals surface area contributed by atoms with Gasteiger partial charge in [0, 0.05) is 32.1 Å². The predicted molar refractivity (Wildman–Crippen MR) is 103 cm³/mol. The maximum Gasteiger partial charge on any atom is 0.230 e. The Labute approximate surface area is 161 Å². The maximum atomic E-state index is 13.4. The first-order valence-electron chi connectivity index (χ1n) is 10.3.